The Balaban J connectivity index is 1.46. The van der Waals surface area contributed by atoms with Crippen LogP contribution in [0.1, 0.15) is 39.0 Å². The molecule has 1 unspecified atom stereocenters. The largest absolute Gasteiger partial charge is 0.484 e. The molecule has 134 valence electrons. The third-order valence-electron chi connectivity index (χ3n) is 4.22. The summed E-state index contributed by atoms with van der Waals surface area (Å²) in [6.07, 6.45) is 3.17. The van der Waals surface area contributed by atoms with Crippen LogP contribution in [-0.4, -0.2) is 18.4 Å². The van der Waals surface area contributed by atoms with Gasteiger partial charge in [-0.2, -0.15) is 5.26 Å². The zero-order valence-corrected chi connectivity index (χ0v) is 15.2. The van der Waals surface area contributed by atoms with Gasteiger partial charge in [0.1, 0.15) is 5.75 Å². The van der Waals surface area contributed by atoms with Gasteiger partial charge in [0.2, 0.25) is 0 Å². The van der Waals surface area contributed by atoms with E-state index >= 15 is 0 Å². The molecule has 2 N–H and O–H groups in total. The fourth-order valence-electron chi connectivity index (χ4n) is 2.82. The number of rotatable bonds is 4. The molecule has 1 atom stereocenters. The topological polar surface area (TPSA) is 91.2 Å². The predicted octanol–water partition coefficient (Wildman–Crippen LogP) is 2.58. The minimum absolute atomic E-state index is 0.232. The van der Waals surface area contributed by atoms with E-state index < -0.39 is 5.91 Å². The molecule has 2 amide bonds. The van der Waals surface area contributed by atoms with Crippen molar-refractivity contribution in [2.75, 3.05) is 6.61 Å². The quantitative estimate of drug-likeness (QED) is 0.811. The number of hydrazine groups is 1. The number of thiophene rings is 1. The first-order valence-corrected chi connectivity index (χ1v) is 9.20. The Labute approximate surface area is 155 Å². The lowest BCUT2D eigenvalue weighted by atomic mass is 9.90. The highest BCUT2D eigenvalue weighted by Gasteiger charge is 2.20. The van der Waals surface area contributed by atoms with Gasteiger partial charge in [-0.05, 0) is 61.1 Å². The van der Waals surface area contributed by atoms with E-state index in [2.05, 4.69) is 17.8 Å². The van der Waals surface area contributed by atoms with Crippen LogP contribution in [0.5, 0.6) is 5.75 Å². The van der Waals surface area contributed by atoms with Crippen LogP contribution >= 0.6 is 11.3 Å². The molecule has 0 radical (unpaired) electrons. The molecular weight excluding hydrogens is 350 g/mol. The van der Waals surface area contributed by atoms with E-state index in [0.29, 0.717) is 22.1 Å². The summed E-state index contributed by atoms with van der Waals surface area (Å²) >= 11 is 1.49. The molecule has 0 saturated carbocycles. The maximum Gasteiger partial charge on any atom is 0.279 e. The zero-order chi connectivity index (χ0) is 18.5. The lowest BCUT2D eigenvalue weighted by Gasteiger charge is -2.16. The lowest BCUT2D eigenvalue weighted by Crippen LogP contribution is -2.43. The number of nitriles is 1. The second kappa shape index (κ2) is 8.02. The number of carbonyl (C=O) groups excluding carboxylic acids is 2. The highest BCUT2D eigenvalue weighted by Crippen LogP contribution is 2.32. The molecule has 1 aromatic heterocycles. The number of aryl methyl sites for hydroxylation is 1. The smallest absolute Gasteiger partial charge is 0.279 e. The van der Waals surface area contributed by atoms with Crippen molar-refractivity contribution in [1.29, 1.82) is 5.26 Å². The molecule has 3 rings (SSSR count). The van der Waals surface area contributed by atoms with Crippen molar-refractivity contribution >= 4 is 23.2 Å². The standard InChI is InChI=1S/C19H19N3O3S/c1-12-2-7-16-14(8-12)9-17(26-16)19(24)22-21-18(23)11-25-15-5-3-13(10-20)4-6-15/h3-6,9,12H,2,7-8,11H2,1H3,(H,21,23)(H,22,24). The fourth-order valence-corrected chi connectivity index (χ4v) is 3.92. The number of hydrogen-bond acceptors (Lipinski definition) is 5. The van der Waals surface area contributed by atoms with Gasteiger partial charge >= 0.3 is 0 Å². The number of ether oxygens (including phenoxy) is 1. The number of carbonyl (C=O) groups is 2. The number of fused-ring (bicyclic) bond motifs is 1. The molecule has 0 bridgehead atoms. The van der Waals surface area contributed by atoms with Crippen LogP contribution in [0.15, 0.2) is 30.3 Å². The molecule has 2 aromatic rings. The Morgan fingerprint density at radius 2 is 2.08 bits per heavy atom. The Morgan fingerprint density at radius 1 is 1.31 bits per heavy atom. The van der Waals surface area contributed by atoms with E-state index in [1.165, 1.54) is 21.8 Å². The van der Waals surface area contributed by atoms with E-state index in [4.69, 9.17) is 10.00 Å². The van der Waals surface area contributed by atoms with Crippen LogP contribution in [0.25, 0.3) is 0 Å². The minimum Gasteiger partial charge on any atom is -0.484 e. The summed E-state index contributed by atoms with van der Waals surface area (Å²) in [5, 5.41) is 8.73. The lowest BCUT2D eigenvalue weighted by molar-refractivity contribution is -0.123. The molecule has 1 aliphatic carbocycles. The molecule has 0 saturated heterocycles. The molecule has 0 aliphatic heterocycles. The maximum absolute atomic E-state index is 12.2. The minimum atomic E-state index is -0.461. The first-order valence-electron chi connectivity index (χ1n) is 8.39. The maximum atomic E-state index is 12.2. The van der Waals surface area contributed by atoms with E-state index in [-0.39, 0.29) is 12.5 Å². The van der Waals surface area contributed by atoms with Crippen molar-refractivity contribution in [2.45, 2.75) is 26.2 Å². The van der Waals surface area contributed by atoms with Crippen molar-refractivity contribution in [3.63, 3.8) is 0 Å². The molecule has 1 heterocycles. The molecule has 0 spiro atoms. The van der Waals surface area contributed by atoms with Crippen molar-refractivity contribution in [3.8, 4) is 11.8 Å². The summed E-state index contributed by atoms with van der Waals surface area (Å²) in [7, 11) is 0. The Kier molecular flexibility index (Phi) is 5.54. The van der Waals surface area contributed by atoms with Crippen LogP contribution in [0.3, 0.4) is 0 Å². The van der Waals surface area contributed by atoms with Crippen LogP contribution < -0.4 is 15.6 Å². The van der Waals surface area contributed by atoms with E-state index in [9.17, 15) is 9.59 Å². The first kappa shape index (κ1) is 18.0. The van der Waals surface area contributed by atoms with Crippen molar-refractivity contribution in [2.24, 2.45) is 5.92 Å². The second-order valence-corrected chi connectivity index (χ2v) is 7.47. The van der Waals surface area contributed by atoms with Gasteiger partial charge in [-0.1, -0.05) is 6.92 Å². The SMILES string of the molecule is CC1CCc2sc(C(=O)NNC(=O)COc3ccc(C#N)cc3)cc2C1. The summed E-state index contributed by atoms with van der Waals surface area (Å²) < 4.78 is 5.31. The summed E-state index contributed by atoms with van der Waals surface area (Å²) in [6.45, 7) is 1.99. The van der Waals surface area contributed by atoms with Gasteiger partial charge in [-0.15, -0.1) is 11.3 Å². The first-order chi connectivity index (χ1) is 12.5. The highest BCUT2D eigenvalue weighted by molar-refractivity contribution is 7.14. The molecule has 6 nitrogen and oxygen atoms in total. The molecular formula is C19H19N3O3S. The van der Waals surface area contributed by atoms with Crippen LogP contribution in [0, 0.1) is 17.2 Å². The number of nitrogens with zero attached hydrogens (tertiary/aromatic N) is 1. The number of benzene rings is 1. The molecule has 7 heteroatoms. The Hall–Kier alpha value is -2.85. The normalized spacial score (nSPS) is 15.5. The van der Waals surface area contributed by atoms with E-state index in [0.717, 1.165) is 19.3 Å². The van der Waals surface area contributed by atoms with Crippen LogP contribution in [-0.2, 0) is 17.6 Å². The van der Waals surface area contributed by atoms with Crippen molar-refractivity contribution in [1.82, 2.24) is 10.9 Å². The van der Waals surface area contributed by atoms with Gasteiger partial charge in [-0.3, -0.25) is 20.4 Å². The van der Waals surface area contributed by atoms with Gasteiger partial charge in [0.15, 0.2) is 6.61 Å². The van der Waals surface area contributed by atoms with Crippen LogP contribution in [0.4, 0.5) is 0 Å². The highest BCUT2D eigenvalue weighted by atomic mass is 32.1. The Bertz CT molecular complexity index is 852. The van der Waals surface area contributed by atoms with Gasteiger partial charge < -0.3 is 4.74 Å². The van der Waals surface area contributed by atoms with Crippen molar-refractivity contribution < 1.29 is 14.3 Å². The number of nitrogens with one attached hydrogen (secondary N) is 2. The molecule has 0 fully saturated rings. The van der Waals surface area contributed by atoms with Gasteiger partial charge in [0, 0.05) is 4.88 Å². The van der Waals surface area contributed by atoms with Crippen molar-refractivity contribution in [3.05, 3.63) is 51.2 Å². The average Bonchev–Trinajstić information content (AvgIpc) is 3.08. The molecule has 1 aromatic carbocycles. The van der Waals surface area contributed by atoms with Gasteiger partial charge in [0.25, 0.3) is 11.8 Å². The predicted molar refractivity (Wildman–Crippen MR) is 97.8 cm³/mol. The second-order valence-electron chi connectivity index (χ2n) is 6.33. The summed E-state index contributed by atoms with van der Waals surface area (Å²) in [4.78, 5) is 25.9. The van der Waals surface area contributed by atoms with E-state index in [1.807, 2.05) is 12.1 Å². The van der Waals surface area contributed by atoms with Gasteiger partial charge in [0.05, 0.1) is 16.5 Å². The number of hydrogen-bond donors (Lipinski definition) is 2. The van der Waals surface area contributed by atoms with Gasteiger partial charge in [-0.25, -0.2) is 0 Å². The fraction of sp³-hybridized carbons (Fsp3) is 0.316. The summed E-state index contributed by atoms with van der Waals surface area (Å²) in [5.74, 6) is 0.346. The summed E-state index contributed by atoms with van der Waals surface area (Å²) in [6, 6.07) is 10.4. The average molecular weight is 369 g/mol. The third kappa shape index (κ3) is 4.41. The third-order valence-corrected chi connectivity index (χ3v) is 5.46. The number of amides is 2. The monoisotopic (exact) mass is 369 g/mol. The molecule has 1 aliphatic rings. The van der Waals surface area contributed by atoms with Crippen LogP contribution in [0.2, 0.25) is 0 Å². The van der Waals surface area contributed by atoms with E-state index in [1.54, 1.807) is 24.3 Å². The zero-order valence-electron chi connectivity index (χ0n) is 14.4. The summed E-state index contributed by atoms with van der Waals surface area (Å²) in [5.41, 5.74) is 6.54. The Morgan fingerprint density at radius 3 is 2.81 bits per heavy atom. The molecule has 26 heavy (non-hydrogen) atoms.